The van der Waals surface area contributed by atoms with Gasteiger partial charge in [0, 0.05) is 32.2 Å². The molecule has 3 rings (SSSR count). The first kappa shape index (κ1) is 22.2. The van der Waals surface area contributed by atoms with Gasteiger partial charge in [0.15, 0.2) is 0 Å². The lowest BCUT2D eigenvalue weighted by atomic mass is 10.1. The van der Waals surface area contributed by atoms with E-state index in [1.54, 1.807) is 0 Å². The summed E-state index contributed by atoms with van der Waals surface area (Å²) in [6, 6.07) is 11.1. The molecule has 0 radical (unpaired) electrons. The number of rotatable bonds is 6. The molecule has 1 aliphatic carbocycles. The van der Waals surface area contributed by atoms with Gasteiger partial charge in [-0.2, -0.15) is 0 Å². The maximum absolute atomic E-state index is 12.4. The lowest BCUT2D eigenvalue weighted by Crippen LogP contribution is -2.40. The molecule has 0 spiro atoms. The summed E-state index contributed by atoms with van der Waals surface area (Å²) in [6.45, 7) is 7.47. The predicted octanol–water partition coefficient (Wildman–Crippen LogP) is 2.95. The minimum absolute atomic E-state index is 0. The van der Waals surface area contributed by atoms with Crippen molar-refractivity contribution in [3.63, 3.8) is 0 Å². The highest BCUT2D eigenvalue weighted by molar-refractivity contribution is 5.85. The first-order valence-corrected chi connectivity index (χ1v) is 8.99. The summed E-state index contributed by atoms with van der Waals surface area (Å²) in [7, 11) is 0. The second-order valence-corrected chi connectivity index (χ2v) is 7.05. The topological polar surface area (TPSA) is 35.6 Å². The molecular formula is C19H31Cl2N3O. The van der Waals surface area contributed by atoms with E-state index < -0.39 is 0 Å². The number of hydrogen-bond acceptors (Lipinski definition) is 3. The Morgan fingerprint density at radius 3 is 2.48 bits per heavy atom. The maximum Gasteiger partial charge on any atom is 0.236 e. The fourth-order valence-electron chi connectivity index (χ4n) is 3.23. The van der Waals surface area contributed by atoms with Crippen molar-refractivity contribution in [2.45, 2.75) is 38.8 Å². The number of carbonyl (C=O) groups excluding carboxylic acids is 1. The Labute approximate surface area is 164 Å². The molecule has 1 aromatic carbocycles. The van der Waals surface area contributed by atoms with Crippen molar-refractivity contribution < 1.29 is 4.79 Å². The molecule has 1 heterocycles. The smallest absolute Gasteiger partial charge is 0.236 e. The van der Waals surface area contributed by atoms with Crippen molar-refractivity contribution >= 4 is 30.7 Å². The highest BCUT2D eigenvalue weighted by atomic mass is 35.5. The SMILES string of the molecule is CC1CCN(C(=O)CNCC2CC2)CCN1Cc1ccccc1.Cl.Cl. The van der Waals surface area contributed by atoms with Gasteiger partial charge in [-0.15, -0.1) is 24.8 Å². The van der Waals surface area contributed by atoms with Crippen LogP contribution in [-0.4, -0.2) is 54.5 Å². The summed E-state index contributed by atoms with van der Waals surface area (Å²) < 4.78 is 0. The van der Waals surface area contributed by atoms with E-state index >= 15 is 0 Å². The minimum atomic E-state index is 0. The summed E-state index contributed by atoms with van der Waals surface area (Å²) >= 11 is 0. The summed E-state index contributed by atoms with van der Waals surface area (Å²) in [5.41, 5.74) is 1.35. The molecule has 1 aromatic rings. The van der Waals surface area contributed by atoms with Crippen LogP contribution in [0.1, 0.15) is 31.7 Å². The third-order valence-electron chi connectivity index (χ3n) is 5.08. The van der Waals surface area contributed by atoms with Gasteiger partial charge in [0.05, 0.1) is 6.54 Å². The van der Waals surface area contributed by atoms with Gasteiger partial charge in [0.25, 0.3) is 0 Å². The van der Waals surface area contributed by atoms with Gasteiger partial charge in [0.1, 0.15) is 0 Å². The van der Waals surface area contributed by atoms with E-state index in [2.05, 4.69) is 47.5 Å². The standard InChI is InChI=1S/C19H29N3O.2ClH/c1-16-9-10-21(19(23)14-20-13-17-7-8-17)11-12-22(16)15-18-5-3-2-4-6-18;;/h2-6,16-17,20H,7-15H2,1H3;2*1H. The van der Waals surface area contributed by atoms with Crippen molar-refractivity contribution in [2.75, 3.05) is 32.7 Å². The van der Waals surface area contributed by atoms with E-state index in [1.165, 1.54) is 18.4 Å². The molecule has 0 aromatic heterocycles. The zero-order valence-corrected chi connectivity index (χ0v) is 16.7. The van der Waals surface area contributed by atoms with Gasteiger partial charge in [-0.3, -0.25) is 9.69 Å². The molecular weight excluding hydrogens is 357 g/mol. The maximum atomic E-state index is 12.4. The molecule has 1 unspecified atom stereocenters. The van der Waals surface area contributed by atoms with Gasteiger partial charge in [-0.05, 0) is 44.2 Å². The zero-order chi connectivity index (χ0) is 16.1. The number of nitrogens with one attached hydrogen (secondary N) is 1. The first-order valence-electron chi connectivity index (χ1n) is 8.99. The van der Waals surface area contributed by atoms with Crippen molar-refractivity contribution in [1.29, 1.82) is 0 Å². The molecule has 2 aliphatic rings. The Hall–Kier alpha value is -0.810. The van der Waals surface area contributed by atoms with E-state index in [0.717, 1.165) is 45.1 Å². The normalized spacial score (nSPS) is 21.0. The monoisotopic (exact) mass is 387 g/mol. The Morgan fingerprint density at radius 2 is 1.80 bits per heavy atom. The molecule has 1 aliphatic heterocycles. The number of benzene rings is 1. The lowest BCUT2D eigenvalue weighted by molar-refractivity contribution is -0.130. The third-order valence-corrected chi connectivity index (χ3v) is 5.08. The van der Waals surface area contributed by atoms with Gasteiger partial charge in [0.2, 0.25) is 5.91 Å². The largest absolute Gasteiger partial charge is 0.340 e. The van der Waals surface area contributed by atoms with Gasteiger partial charge >= 0.3 is 0 Å². The number of carbonyl (C=O) groups is 1. The Balaban J connectivity index is 0.00000156. The second-order valence-electron chi connectivity index (χ2n) is 7.05. The fourth-order valence-corrected chi connectivity index (χ4v) is 3.23. The quantitative estimate of drug-likeness (QED) is 0.814. The van der Waals surface area contributed by atoms with Crippen LogP contribution >= 0.6 is 24.8 Å². The zero-order valence-electron chi connectivity index (χ0n) is 15.0. The summed E-state index contributed by atoms with van der Waals surface area (Å²) in [6.07, 6.45) is 3.72. The minimum Gasteiger partial charge on any atom is -0.340 e. The van der Waals surface area contributed by atoms with Crippen LogP contribution in [0.3, 0.4) is 0 Å². The fraction of sp³-hybridized carbons (Fsp3) is 0.632. The third kappa shape index (κ3) is 7.14. The molecule has 0 bridgehead atoms. The summed E-state index contributed by atoms with van der Waals surface area (Å²) in [5.74, 6) is 1.09. The van der Waals surface area contributed by atoms with E-state index in [0.29, 0.717) is 12.6 Å². The van der Waals surface area contributed by atoms with Crippen LogP contribution in [0.5, 0.6) is 0 Å². The Morgan fingerprint density at radius 1 is 1.08 bits per heavy atom. The highest BCUT2D eigenvalue weighted by Crippen LogP contribution is 2.27. The molecule has 1 atom stereocenters. The molecule has 142 valence electrons. The highest BCUT2D eigenvalue weighted by Gasteiger charge is 2.24. The molecule has 25 heavy (non-hydrogen) atoms. The average Bonchev–Trinajstić information content (AvgIpc) is 3.39. The number of nitrogens with zero attached hydrogens (tertiary/aromatic N) is 2. The van der Waals surface area contributed by atoms with Crippen molar-refractivity contribution in [3.8, 4) is 0 Å². The average molecular weight is 388 g/mol. The van der Waals surface area contributed by atoms with E-state index in [9.17, 15) is 4.79 Å². The van der Waals surface area contributed by atoms with Crippen LogP contribution in [0.15, 0.2) is 30.3 Å². The van der Waals surface area contributed by atoms with Crippen LogP contribution in [0.4, 0.5) is 0 Å². The molecule has 1 amide bonds. The Bertz CT molecular complexity index is 511. The Kier molecular flexibility index (Phi) is 9.80. The van der Waals surface area contributed by atoms with Crippen LogP contribution in [0.25, 0.3) is 0 Å². The van der Waals surface area contributed by atoms with Crippen LogP contribution < -0.4 is 5.32 Å². The van der Waals surface area contributed by atoms with Crippen LogP contribution in [0, 0.1) is 5.92 Å². The number of amides is 1. The molecule has 1 N–H and O–H groups in total. The van der Waals surface area contributed by atoms with Gasteiger partial charge in [-0.25, -0.2) is 0 Å². The van der Waals surface area contributed by atoms with Crippen molar-refractivity contribution in [3.05, 3.63) is 35.9 Å². The molecule has 6 heteroatoms. The van der Waals surface area contributed by atoms with E-state index in [1.807, 2.05) is 4.90 Å². The summed E-state index contributed by atoms with van der Waals surface area (Å²) in [5, 5.41) is 3.32. The van der Waals surface area contributed by atoms with Crippen molar-refractivity contribution in [2.24, 2.45) is 5.92 Å². The summed E-state index contributed by atoms with van der Waals surface area (Å²) in [4.78, 5) is 16.9. The van der Waals surface area contributed by atoms with Gasteiger partial charge in [-0.1, -0.05) is 30.3 Å². The molecule has 2 fully saturated rings. The predicted molar refractivity (Wildman–Crippen MR) is 108 cm³/mol. The molecule has 1 saturated carbocycles. The lowest BCUT2D eigenvalue weighted by Gasteiger charge is -2.26. The van der Waals surface area contributed by atoms with Crippen LogP contribution in [-0.2, 0) is 11.3 Å². The number of hydrogen-bond donors (Lipinski definition) is 1. The second kappa shape index (κ2) is 11.0. The van der Waals surface area contributed by atoms with Crippen LogP contribution in [0.2, 0.25) is 0 Å². The van der Waals surface area contributed by atoms with Crippen molar-refractivity contribution in [1.82, 2.24) is 15.1 Å². The van der Waals surface area contributed by atoms with Gasteiger partial charge < -0.3 is 10.2 Å². The van der Waals surface area contributed by atoms with E-state index in [4.69, 9.17) is 0 Å². The molecule has 4 nitrogen and oxygen atoms in total. The first-order chi connectivity index (χ1) is 11.2. The van der Waals surface area contributed by atoms with E-state index in [-0.39, 0.29) is 30.7 Å². The molecule has 1 saturated heterocycles. The number of halogens is 2.